The molecule has 3 rings (SSSR count). The van der Waals surface area contributed by atoms with Gasteiger partial charge >= 0.3 is 0 Å². The molecule has 0 aromatic carbocycles. The molecule has 0 radical (unpaired) electrons. The van der Waals surface area contributed by atoms with Crippen molar-refractivity contribution in [2.75, 3.05) is 30.4 Å². The topological polar surface area (TPSA) is 66.8 Å². The summed E-state index contributed by atoms with van der Waals surface area (Å²) in [7, 11) is 1.83. The smallest absolute Gasteiger partial charge is 0.230 e. The molecule has 2 aromatic heterocycles. The molecule has 1 aliphatic rings. The number of aromatic nitrogens is 4. The molecule has 0 unspecified atom stereocenters. The highest BCUT2D eigenvalue weighted by atomic mass is 15.3. The summed E-state index contributed by atoms with van der Waals surface area (Å²) in [6.45, 7) is 4.05. The highest BCUT2D eigenvalue weighted by Gasteiger charge is 2.18. The van der Waals surface area contributed by atoms with Crippen molar-refractivity contribution >= 4 is 11.9 Å². The van der Waals surface area contributed by atoms with Crippen molar-refractivity contribution in [3.8, 4) is 11.4 Å². The Morgan fingerprint density at radius 1 is 1.15 bits per heavy atom. The van der Waals surface area contributed by atoms with Gasteiger partial charge in [0.2, 0.25) is 11.9 Å². The predicted molar refractivity (Wildman–Crippen MR) is 78.8 cm³/mol. The molecule has 0 saturated carbocycles. The number of nitrogens with one attached hydrogen (secondary N) is 1. The molecular weight excluding hydrogens is 252 g/mol. The minimum atomic E-state index is 0.605. The highest BCUT2D eigenvalue weighted by molar-refractivity contribution is 5.61. The fourth-order valence-electron chi connectivity index (χ4n) is 2.38. The largest absolute Gasteiger partial charge is 0.357 e. The zero-order valence-corrected chi connectivity index (χ0v) is 11.8. The number of rotatable bonds is 3. The molecule has 1 saturated heterocycles. The molecule has 1 fully saturated rings. The van der Waals surface area contributed by atoms with Crippen LogP contribution in [0.2, 0.25) is 0 Å². The Morgan fingerprint density at radius 2 is 1.95 bits per heavy atom. The van der Waals surface area contributed by atoms with E-state index in [1.165, 1.54) is 12.8 Å². The number of anilines is 2. The SMILES string of the molecule is CNc1nc(-c2ccncc2C)nc(N2CCCC2)n1. The summed E-state index contributed by atoms with van der Waals surface area (Å²) in [6.07, 6.45) is 5.99. The van der Waals surface area contributed by atoms with Crippen LogP contribution in [0.5, 0.6) is 0 Å². The lowest BCUT2D eigenvalue weighted by Gasteiger charge is -2.16. The van der Waals surface area contributed by atoms with Crippen LogP contribution < -0.4 is 10.2 Å². The van der Waals surface area contributed by atoms with Gasteiger partial charge in [0.1, 0.15) is 0 Å². The second-order valence-corrected chi connectivity index (χ2v) is 4.92. The minimum absolute atomic E-state index is 0.605. The van der Waals surface area contributed by atoms with Gasteiger partial charge in [0.25, 0.3) is 0 Å². The lowest BCUT2D eigenvalue weighted by molar-refractivity contribution is 0.884. The molecule has 2 aromatic rings. The molecule has 3 heterocycles. The highest BCUT2D eigenvalue weighted by Crippen LogP contribution is 2.23. The van der Waals surface area contributed by atoms with Crippen LogP contribution >= 0.6 is 0 Å². The van der Waals surface area contributed by atoms with Gasteiger partial charge in [0, 0.05) is 38.1 Å². The quantitative estimate of drug-likeness (QED) is 0.918. The maximum atomic E-state index is 4.63. The van der Waals surface area contributed by atoms with Gasteiger partial charge < -0.3 is 10.2 Å². The molecular formula is C14H18N6. The van der Waals surface area contributed by atoms with Crippen molar-refractivity contribution in [3.63, 3.8) is 0 Å². The number of aryl methyl sites for hydroxylation is 1. The van der Waals surface area contributed by atoms with Crippen LogP contribution in [-0.2, 0) is 0 Å². The second-order valence-electron chi connectivity index (χ2n) is 4.92. The average Bonchev–Trinajstić information content (AvgIpc) is 3.01. The predicted octanol–water partition coefficient (Wildman–Crippen LogP) is 1.88. The van der Waals surface area contributed by atoms with Crippen LogP contribution in [0.1, 0.15) is 18.4 Å². The Balaban J connectivity index is 2.06. The maximum Gasteiger partial charge on any atom is 0.230 e. The zero-order valence-electron chi connectivity index (χ0n) is 11.8. The first-order valence-corrected chi connectivity index (χ1v) is 6.87. The van der Waals surface area contributed by atoms with E-state index in [1.807, 2.05) is 26.2 Å². The molecule has 1 N–H and O–H groups in total. The standard InChI is InChI=1S/C14H18N6/c1-10-9-16-6-5-11(10)12-17-13(15-2)19-14(18-12)20-7-3-4-8-20/h5-6,9H,3-4,7-8H2,1-2H3,(H,15,17,18,19). The number of nitrogens with zero attached hydrogens (tertiary/aromatic N) is 5. The van der Waals surface area contributed by atoms with Crippen molar-refractivity contribution in [3.05, 3.63) is 24.0 Å². The Kier molecular flexibility index (Phi) is 3.45. The number of pyridine rings is 1. The summed E-state index contributed by atoms with van der Waals surface area (Å²) < 4.78 is 0. The van der Waals surface area contributed by atoms with E-state index in [9.17, 15) is 0 Å². The summed E-state index contributed by atoms with van der Waals surface area (Å²) in [4.78, 5) is 19.9. The van der Waals surface area contributed by atoms with Gasteiger partial charge in [-0.1, -0.05) is 0 Å². The van der Waals surface area contributed by atoms with Crippen LogP contribution in [0, 0.1) is 6.92 Å². The lowest BCUT2D eigenvalue weighted by atomic mass is 10.1. The molecule has 1 aliphatic heterocycles. The summed E-state index contributed by atoms with van der Waals surface area (Å²) >= 11 is 0. The molecule has 104 valence electrons. The van der Waals surface area contributed by atoms with Crippen molar-refractivity contribution in [1.29, 1.82) is 0 Å². The van der Waals surface area contributed by atoms with Gasteiger partial charge in [-0.05, 0) is 31.4 Å². The maximum absolute atomic E-state index is 4.63. The van der Waals surface area contributed by atoms with Crippen LogP contribution in [0.4, 0.5) is 11.9 Å². The van der Waals surface area contributed by atoms with E-state index >= 15 is 0 Å². The number of hydrogen-bond acceptors (Lipinski definition) is 6. The normalized spacial score (nSPS) is 14.6. The fourth-order valence-corrected chi connectivity index (χ4v) is 2.38. The van der Waals surface area contributed by atoms with Crippen molar-refractivity contribution in [1.82, 2.24) is 19.9 Å². The van der Waals surface area contributed by atoms with E-state index < -0.39 is 0 Å². The molecule has 20 heavy (non-hydrogen) atoms. The van der Waals surface area contributed by atoms with Crippen molar-refractivity contribution in [2.24, 2.45) is 0 Å². The Hall–Kier alpha value is -2.24. The third kappa shape index (κ3) is 2.41. The summed E-state index contributed by atoms with van der Waals surface area (Å²) in [5, 5.41) is 3.02. The van der Waals surface area contributed by atoms with E-state index in [-0.39, 0.29) is 0 Å². The van der Waals surface area contributed by atoms with Gasteiger partial charge in [0.15, 0.2) is 5.82 Å². The third-order valence-electron chi connectivity index (χ3n) is 3.50. The zero-order chi connectivity index (χ0) is 13.9. The fraction of sp³-hybridized carbons (Fsp3) is 0.429. The van der Waals surface area contributed by atoms with Crippen LogP contribution in [0.15, 0.2) is 18.5 Å². The lowest BCUT2D eigenvalue weighted by Crippen LogP contribution is -2.21. The average molecular weight is 270 g/mol. The molecule has 0 amide bonds. The van der Waals surface area contributed by atoms with Crippen molar-refractivity contribution < 1.29 is 0 Å². The van der Waals surface area contributed by atoms with Crippen LogP contribution in [-0.4, -0.2) is 40.1 Å². The van der Waals surface area contributed by atoms with Gasteiger partial charge in [-0.25, -0.2) is 0 Å². The van der Waals surface area contributed by atoms with E-state index in [1.54, 1.807) is 6.20 Å². The summed E-state index contributed by atoms with van der Waals surface area (Å²) in [5.74, 6) is 2.06. The van der Waals surface area contributed by atoms with E-state index in [2.05, 4.69) is 30.2 Å². The first-order chi connectivity index (χ1) is 9.78. The first-order valence-electron chi connectivity index (χ1n) is 6.87. The minimum Gasteiger partial charge on any atom is -0.357 e. The van der Waals surface area contributed by atoms with Gasteiger partial charge in [0.05, 0.1) is 0 Å². The molecule has 0 aliphatic carbocycles. The Morgan fingerprint density at radius 3 is 2.65 bits per heavy atom. The third-order valence-corrected chi connectivity index (χ3v) is 3.50. The second kappa shape index (κ2) is 5.40. The van der Waals surface area contributed by atoms with Gasteiger partial charge in [-0.3, -0.25) is 4.98 Å². The van der Waals surface area contributed by atoms with Gasteiger partial charge in [-0.2, -0.15) is 15.0 Å². The first kappa shape index (κ1) is 12.8. The molecule has 0 atom stereocenters. The Labute approximate surface area is 118 Å². The van der Waals surface area contributed by atoms with E-state index in [0.717, 1.165) is 30.2 Å². The summed E-state index contributed by atoms with van der Waals surface area (Å²) in [5.41, 5.74) is 2.06. The number of hydrogen-bond donors (Lipinski definition) is 1. The Bertz CT molecular complexity index is 606. The van der Waals surface area contributed by atoms with E-state index in [0.29, 0.717) is 11.8 Å². The van der Waals surface area contributed by atoms with Crippen LogP contribution in [0.3, 0.4) is 0 Å². The molecule has 6 heteroatoms. The monoisotopic (exact) mass is 270 g/mol. The van der Waals surface area contributed by atoms with E-state index in [4.69, 9.17) is 0 Å². The van der Waals surface area contributed by atoms with Crippen LogP contribution in [0.25, 0.3) is 11.4 Å². The molecule has 6 nitrogen and oxygen atoms in total. The van der Waals surface area contributed by atoms with Gasteiger partial charge in [-0.15, -0.1) is 0 Å². The summed E-state index contributed by atoms with van der Waals surface area (Å²) in [6, 6.07) is 1.94. The molecule has 0 spiro atoms. The molecule has 0 bridgehead atoms. The van der Waals surface area contributed by atoms with Crippen molar-refractivity contribution in [2.45, 2.75) is 19.8 Å².